The number of carbonyl (C=O) groups excluding carboxylic acids is 3. The number of rotatable bonds is 14. The monoisotopic (exact) mass is 490 g/mol. The van der Waals surface area contributed by atoms with E-state index in [1.807, 2.05) is 44.4 Å². The number of amides is 2. The van der Waals surface area contributed by atoms with Crippen LogP contribution in [-0.2, 0) is 20.8 Å². The predicted molar refractivity (Wildman–Crippen MR) is 145 cm³/mol. The Kier molecular flexibility index (Phi) is 10.2. The van der Waals surface area contributed by atoms with Gasteiger partial charge in [-0.05, 0) is 57.5 Å². The van der Waals surface area contributed by atoms with Crippen LogP contribution in [0.15, 0.2) is 54.6 Å². The zero-order chi connectivity index (χ0) is 25.9. The van der Waals surface area contributed by atoms with Crippen molar-refractivity contribution in [2.45, 2.75) is 51.5 Å². The quantitative estimate of drug-likeness (QED) is 0.297. The van der Waals surface area contributed by atoms with E-state index in [0.717, 1.165) is 47.0 Å². The Labute approximate surface area is 213 Å². The van der Waals surface area contributed by atoms with Crippen LogP contribution in [0.5, 0.6) is 0 Å². The van der Waals surface area contributed by atoms with E-state index in [-0.39, 0.29) is 24.1 Å². The van der Waals surface area contributed by atoms with Gasteiger partial charge in [0.05, 0.1) is 6.54 Å². The molecule has 192 valence electrons. The van der Waals surface area contributed by atoms with E-state index < -0.39 is 6.04 Å². The molecule has 0 fully saturated rings. The topological polar surface area (TPSA) is 94.3 Å². The van der Waals surface area contributed by atoms with E-state index >= 15 is 0 Å². The molecule has 0 saturated carbocycles. The van der Waals surface area contributed by atoms with Crippen molar-refractivity contribution in [3.8, 4) is 11.3 Å². The Bertz CT molecular complexity index is 1150. The van der Waals surface area contributed by atoms with E-state index in [9.17, 15) is 14.4 Å². The fourth-order valence-corrected chi connectivity index (χ4v) is 4.44. The van der Waals surface area contributed by atoms with Crippen LogP contribution in [0.1, 0.15) is 44.6 Å². The first-order chi connectivity index (χ1) is 17.3. The van der Waals surface area contributed by atoms with Crippen molar-refractivity contribution < 1.29 is 14.4 Å². The molecular weight excluding hydrogens is 452 g/mol. The Morgan fingerprint density at radius 2 is 1.67 bits per heavy atom. The van der Waals surface area contributed by atoms with Crippen molar-refractivity contribution in [3.05, 3.63) is 60.2 Å². The lowest BCUT2D eigenvalue weighted by Crippen LogP contribution is -2.49. The summed E-state index contributed by atoms with van der Waals surface area (Å²) in [5.41, 5.74) is 4.40. The molecule has 0 aliphatic heterocycles. The van der Waals surface area contributed by atoms with Gasteiger partial charge < -0.3 is 25.3 Å². The van der Waals surface area contributed by atoms with E-state index in [0.29, 0.717) is 25.8 Å². The summed E-state index contributed by atoms with van der Waals surface area (Å²) in [6.45, 7) is 2.28. The highest BCUT2D eigenvalue weighted by Gasteiger charge is 2.21. The molecule has 1 aromatic heterocycles. The molecule has 7 nitrogen and oxygen atoms in total. The van der Waals surface area contributed by atoms with Gasteiger partial charge in [-0.1, -0.05) is 61.4 Å². The van der Waals surface area contributed by atoms with Crippen LogP contribution in [0.25, 0.3) is 22.2 Å². The molecule has 0 unspecified atom stereocenters. The minimum atomic E-state index is -0.591. The van der Waals surface area contributed by atoms with Gasteiger partial charge in [-0.2, -0.15) is 0 Å². The van der Waals surface area contributed by atoms with Gasteiger partial charge in [0.25, 0.3) is 0 Å². The minimum Gasteiger partial charge on any atom is -0.354 e. The Hall–Kier alpha value is -3.45. The number of aromatic amines is 1. The molecule has 0 aliphatic carbocycles. The maximum absolute atomic E-state index is 13.1. The summed E-state index contributed by atoms with van der Waals surface area (Å²) in [6.07, 6.45) is 4.19. The summed E-state index contributed by atoms with van der Waals surface area (Å²) in [5, 5.41) is 7.08. The predicted octanol–water partition coefficient (Wildman–Crippen LogP) is 4.08. The van der Waals surface area contributed by atoms with Gasteiger partial charge >= 0.3 is 0 Å². The maximum atomic E-state index is 13.1. The molecule has 2 aromatic carbocycles. The zero-order valence-corrected chi connectivity index (χ0v) is 21.6. The summed E-state index contributed by atoms with van der Waals surface area (Å²) in [6, 6.07) is 17.8. The summed E-state index contributed by atoms with van der Waals surface area (Å²) in [7, 11) is 3.64. The first-order valence-electron chi connectivity index (χ1n) is 12.7. The van der Waals surface area contributed by atoms with Crippen molar-refractivity contribution in [2.75, 3.05) is 27.2 Å². The highest BCUT2D eigenvalue weighted by Crippen LogP contribution is 2.30. The van der Waals surface area contributed by atoms with Gasteiger partial charge in [-0.3, -0.25) is 9.59 Å². The molecule has 1 atom stereocenters. The number of H-pyrrole nitrogens is 1. The fraction of sp³-hybridized carbons (Fsp3) is 0.414. The van der Waals surface area contributed by atoms with Gasteiger partial charge in [0.1, 0.15) is 11.8 Å². The van der Waals surface area contributed by atoms with E-state index in [4.69, 9.17) is 0 Å². The zero-order valence-electron chi connectivity index (χ0n) is 21.6. The smallest absolute Gasteiger partial charge is 0.242 e. The van der Waals surface area contributed by atoms with Crippen LogP contribution < -0.4 is 10.6 Å². The van der Waals surface area contributed by atoms with Crippen molar-refractivity contribution in [1.29, 1.82) is 0 Å². The largest absolute Gasteiger partial charge is 0.354 e. The van der Waals surface area contributed by atoms with Crippen LogP contribution in [0.3, 0.4) is 0 Å². The van der Waals surface area contributed by atoms with E-state index in [1.54, 1.807) is 11.8 Å². The molecule has 0 radical (unpaired) electrons. The number of nitrogens with one attached hydrogen (secondary N) is 3. The number of para-hydroxylation sites is 1. The molecule has 3 rings (SSSR count). The SMILES string of the molecule is CC(=O)CCCCC[C@H](NC(=O)CN(C)C)C(=O)NCCc1c(-c2ccccc2)[nH]c2ccccc12. The number of aromatic nitrogens is 1. The number of fused-ring (bicyclic) bond motifs is 1. The third-order valence-electron chi connectivity index (χ3n) is 6.18. The van der Waals surface area contributed by atoms with Gasteiger partial charge in [0, 0.05) is 29.6 Å². The average Bonchev–Trinajstić information content (AvgIpc) is 3.21. The number of nitrogens with zero attached hydrogens (tertiary/aromatic N) is 1. The average molecular weight is 491 g/mol. The van der Waals surface area contributed by atoms with Crippen molar-refractivity contribution >= 4 is 28.5 Å². The van der Waals surface area contributed by atoms with Crippen LogP contribution >= 0.6 is 0 Å². The maximum Gasteiger partial charge on any atom is 0.242 e. The first-order valence-corrected chi connectivity index (χ1v) is 12.7. The third-order valence-corrected chi connectivity index (χ3v) is 6.18. The molecular formula is C29H38N4O3. The van der Waals surface area contributed by atoms with Crippen LogP contribution in [0.2, 0.25) is 0 Å². The second-order valence-electron chi connectivity index (χ2n) is 9.59. The third kappa shape index (κ3) is 8.05. The van der Waals surface area contributed by atoms with Crippen LogP contribution in [0.4, 0.5) is 0 Å². The molecule has 0 bridgehead atoms. The molecule has 0 aliphatic rings. The van der Waals surface area contributed by atoms with Crippen molar-refractivity contribution in [3.63, 3.8) is 0 Å². The molecule has 3 N–H and O–H groups in total. The number of hydrogen-bond acceptors (Lipinski definition) is 4. The Morgan fingerprint density at radius 1 is 0.944 bits per heavy atom. The number of likely N-dealkylation sites (N-methyl/N-ethyl adjacent to an activating group) is 1. The summed E-state index contributed by atoms with van der Waals surface area (Å²) < 4.78 is 0. The second-order valence-corrected chi connectivity index (χ2v) is 9.59. The lowest BCUT2D eigenvalue weighted by molar-refractivity contribution is -0.129. The van der Waals surface area contributed by atoms with Crippen molar-refractivity contribution in [2.24, 2.45) is 0 Å². The van der Waals surface area contributed by atoms with E-state index in [2.05, 4.69) is 39.9 Å². The molecule has 1 heterocycles. The molecule has 3 aromatic rings. The summed E-state index contributed by atoms with van der Waals surface area (Å²) in [5.74, 6) is -0.169. The molecule has 0 saturated heterocycles. The highest BCUT2D eigenvalue weighted by atomic mass is 16.2. The standard InChI is InChI=1S/C29H38N4O3/c1-21(34)12-6-4-9-17-26(31-27(35)20-33(2)3)29(36)30-19-18-24-23-15-10-11-16-25(23)32-28(24)22-13-7-5-8-14-22/h5,7-8,10-11,13-16,26,32H,4,6,9,12,17-20H2,1-3H3,(H,30,36)(H,31,35)/t26-/m0/s1. The molecule has 36 heavy (non-hydrogen) atoms. The first kappa shape index (κ1) is 27.1. The Morgan fingerprint density at radius 3 is 2.39 bits per heavy atom. The summed E-state index contributed by atoms with van der Waals surface area (Å²) >= 11 is 0. The van der Waals surface area contributed by atoms with Crippen LogP contribution in [0, 0.1) is 0 Å². The van der Waals surface area contributed by atoms with Gasteiger partial charge in [0.2, 0.25) is 11.8 Å². The number of carbonyl (C=O) groups is 3. The highest BCUT2D eigenvalue weighted by molar-refractivity contribution is 5.91. The molecule has 2 amide bonds. The van der Waals surface area contributed by atoms with Gasteiger partial charge in [0.15, 0.2) is 0 Å². The number of unbranched alkanes of at least 4 members (excludes halogenated alkanes) is 2. The summed E-state index contributed by atoms with van der Waals surface area (Å²) in [4.78, 5) is 41.9. The van der Waals surface area contributed by atoms with Crippen molar-refractivity contribution in [1.82, 2.24) is 20.5 Å². The number of ketones is 1. The van der Waals surface area contributed by atoms with Gasteiger partial charge in [-0.15, -0.1) is 0 Å². The molecule has 0 spiro atoms. The van der Waals surface area contributed by atoms with Gasteiger partial charge in [-0.25, -0.2) is 0 Å². The molecule has 7 heteroatoms. The Balaban J connectivity index is 1.65. The number of benzene rings is 2. The fourth-order valence-electron chi connectivity index (χ4n) is 4.44. The van der Waals surface area contributed by atoms with E-state index in [1.165, 1.54) is 0 Å². The lowest BCUT2D eigenvalue weighted by Gasteiger charge is -2.20. The minimum absolute atomic E-state index is 0.172. The number of hydrogen-bond donors (Lipinski definition) is 3. The number of Topliss-reactive ketones (excluding diaryl/α,β-unsaturated/α-hetero) is 1. The second kappa shape index (κ2) is 13.6. The normalized spacial score (nSPS) is 12.0. The lowest BCUT2D eigenvalue weighted by atomic mass is 10.0. The van der Waals surface area contributed by atoms with Crippen LogP contribution in [-0.4, -0.2) is 60.7 Å².